The van der Waals surface area contributed by atoms with Gasteiger partial charge >= 0.3 is 5.63 Å². The topological polar surface area (TPSA) is 75.0 Å². The average molecular weight is 442 g/mol. The van der Waals surface area contributed by atoms with Crippen LogP contribution in [-0.2, 0) is 6.42 Å². The van der Waals surface area contributed by atoms with E-state index in [1.807, 2.05) is 56.3 Å². The van der Waals surface area contributed by atoms with Gasteiger partial charge in [-0.25, -0.2) is 4.79 Å². The van der Waals surface area contributed by atoms with Crippen molar-refractivity contribution in [1.82, 2.24) is 0 Å². The van der Waals surface area contributed by atoms with E-state index < -0.39 is 0 Å². The highest BCUT2D eigenvalue weighted by molar-refractivity contribution is 5.98. The highest BCUT2D eigenvalue weighted by Crippen LogP contribution is 2.33. The van der Waals surface area contributed by atoms with Crippen LogP contribution in [0.1, 0.15) is 32.6 Å². The van der Waals surface area contributed by atoms with E-state index in [4.69, 9.17) is 18.6 Å². The summed E-state index contributed by atoms with van der Waals surface area (Å²) in [5.74, 6) is 1.47. The molecule has 1 aliphatic rings. The monoisotopic (exact) mass is 442 g/mol. The Morgan fingerprint density at radius 1 is 0.939 bits per heavy atom. The van der Waals surface area contributed by atoms with E-state index in [0.717, 1.165) is 16.5 Å². The van der Waals surface area contributed by atoms with Gasteiger partial charge in [-0.05, 0) is 55.3 Å². The molecule has 6 nitrogen and oxygen atoms in total. The van der Waals surface area contributed by atoms with Gasteiger partial charge in [-0.1, -0.05) is 30.3 Å². The van der Waals surface area contributed by atoms with Crippen LogP contribution >= 0.6 is 0 Å². The number of carbonyl (C=O) groups excluding carboxylic acids is 1. The van der Waals surface area contributed by atoms with Crippen LogP contribution in [0.4, 0.5) is 0 Å². The van der Waals surface area contributed by atoms with Crippen molar-refractivity contribution in [2.24, 2.45) is 0 Å². The normalized spacial score (nSPS) is 12.2. The fourth-order valence-corrected chi connectivity index (χ4v) is 4.03. The van der Waals surface area contributed by atoms with Crippen LogP contribution in [0.2, 0.25) is 0 Å². The number of rotatable bonds is 6. The Balaban J connectivity index is 1.39. The van der Waals surface area contributed by atoms with Crippen molar-refractivity contribution in [2.45, 2.75) is 20.3 Å². The van der Waals surface area contributed by atoms with Crippen molar-refractivity contribution in [3.05, 3.63) is 98.9 Å². The molecule has 1 aromatic heterocycles. The van der Waals surface area contributed by atoms with E-state index in [-0.39, 0.29) is 24.8 Å². The lowest BCUT2D eigenvalue weighted by atomic mass is 9.98. The Labute approximate surface area is 190 Å². The first-order valence-electron chi connectivity index (χ1n) is 10.7. The number of carbonyl (C=O) groups is 1. The van der Waals surface area contributed by atoms with Gasteiger partial charge in [0.2, 0.25) is 6.79 Å². The van der Waals surface area contributed by atoms with Gasteiger partial charge in [0.25, 0.3) is 0 Å². The van der Waals surface area contributed by atoms with E-state index in [9.17, 15) is 9.59 Å². The van der Waals surface area contributed by atoms with Crippen molar-refractivity contribution in [2.75, 3.05) is 13.4 Å². The van der Waals surface area contributed by atoms with Crippen LogP contribution in [-0.4, -0.2) is 19.2 Å². The molecule has 1 aliphatic heterocycles. The first kappa shape index (κ1) is 20.8. The van der Waals surface area contributed by atoms with Crippen LogP contribution < -0.4 is 19.8 Å². The number of hydrogen-bond acceptors (Lipinski definition) is 6. The molecule has 0 unspecified atom stereocenters. The summed E-state index contributed by atoms with van der Waals surface area (Å²) in [5, 5.41) is 0.854. The molecule has 3 aromatic carbocycles. The number of ketones is 1. The van der Waals surface area contributed by atoms with Crippen LogP contribution in [0.25, 0.3) is 11.0 Å². The molecule has 5 rings (SSSR count). The molecule has 0 saturated carbocycles. The minimum Gasteiger partial charge on any atom is -0.485 e. The predicted octanol–water partition coefficient (Wildman–Crippen LogP) is 4.99. The maximum atomic E-state index is 12.8. The highest BCUT2D eigenvalue weighted by Gasteiger charge is 2.18. The SMILES string of the molecule is Cc1c(Cc2ccccc2)c(=O)oc2c(C)c(OCC(=O)c3ccc4c(c3)OCO4)ccc12. The summed E-state index contributed by atoms with van der Waals surface area (Å²) in [4.78, 5) is 25.4. The van der Waals surface area contributed by atoms with E-state index in [0.29, 0.717) is 45.9 Å². The summed E-state index contributed by atoms with van der Waals surface area (Å²) in [5.41, 5.74) is 3.84. The number of Topliss-reactive ketones (excluding diaryl/α,β-unsaturated/α-hetero) is 1. The van der Waals surface area contributed by atoms with Crippen molar-refractivity contribution in [1.29, 1.82) is 0 Å². The largest absolute Gasteiger partial charge is 0.485 e. The Morgan fingerprint density at radius 2 is 1.73 bits per heavy atom. The second-order valence-electron chi connectivity index (χ2n) is 8.00. The first-order valence-corrected chi connectivity index (χ1v) is 10.7. The van der Waals surface area contributed by atoms with Gasteiger partial charge < -0.3 is 18.6 Å². The quantitative estimate of drug-likeness (QED) is 0.309. The fraction of sp³-hybridized carbons (Fsp3) is 0.185. The molecular formula is C27H22O6. The maximum absolute atomic E-state index is 12.8. The number of ether oxygens (including phenoxy) is 3. The molecule has 0 fully saturated rings. The van der Waals surface area contributed by atoms with Gasteiger partial charge in [0.1, 0.15) is 11.3 Å². The zero-order valence-corrected chi connectivity index (χ0v) is 18.3. The molecule has 2 heterocycles. The molecule has 0 amide bonds. The molecule has 166 valence electrons. The van der Waals surface area contributed by atoms with Gasteiger partial charge in [-0.2, -0.15) is 0 Å². The van der Waals surface area contributed by atoms with Gasteiger partial charge in [0, 0.05) is 28.5 Å². The second kappa shape index (κ2) is 8.47. The lowest BCUT2D eigenvalue weighted by molar-refractivity contribution is 0.0920. The lowest BCUT2D eigenvalue weighted by Gasteiger charge is -2.13. The summed E-state index contributed by atoms with van der Waals surface area (Å²) in [6.45, 7) is 3.75. The number of hydrogen-bond donors (Lipinski definition) is 0. The molecule has 0 saturated heterocycles. The smallest absolute Gasteiger partial charge is 0.340 e. The molecule has 4 aromatic rings. The van der Waals surface area contributed by atoms with Crippen LogP contribution in [0.15, 0.2) is 69.9 Å². The molecule has 0 aliphatic carbocycles. The van der Waals surface area contributed by atoms with E-state index in [2.05, 4.69) is 0 Å². The molecule has 0 N–H and O–H groups in total. The van der Waals surface area contributed by atoms with Crippen molar-refractivity contribution in [3.63, 3.8) is 0 Å². The molecule has 0 spiro atoms. The minimum atomic E-state index is -0.361. The predicted molar refractivity (Wildman–Crippen MR) is 124 cm³/mol. The van der Waals surface area contributed by atoms with Crippen LogP contribution in [0.5, 0.6) is 17.2 Å². The molecule has 33 heavy (non-hydrogen) atoms. The summed E-state index contributed by atoms with van der Waals surface area (Å²) < 4.78 is 22.1. The second-order valence-corrected chi connectivity index (χ2v) is 8.00. The van der Waals surface area contributed by atoms with Gasteiger partial charge in [0.05, 0.1) is 0 Å². The van der Waals surface area contributed by atoms with Crippen molar-refractivity contribution < 1.29 is 23.4 Å². The minimum absolute atomic E-state index is 0.150. The van der Waals surface area contributed by atoms with E-state index in [1.54, 1.807) is 18.2 Å². The van der Waals surface area contributed by atoms with Gasteiger partial charge in [0.15, 0.2) is 23.9 Å². The third-order valence-electron chi connectivity index (χ3n) is 5.93. The zero-order chi connectivity index (χ0) is 22.9. The summed E-state index contributed by atoms with van der Waals surface area (Å²) in [7, 11) is 0. The van der Waals surface area contributed by atoms with Crippen molar-refractivity contribution >= 4 is 16.8 Å². The van der Waals surface area contributed by atoms with Gasteiger partial charge in [-0.15, -0.1) is 0 Å². The van der Waals surface area contributed by atoms with E-state index >= 15 is 0 Å². The zero-order valence-electron chi connectivity index (χ0n) is 18.3. The molecule has 6 heteroatoms. The van der Waals surface area contributed by atoms with Crippen molar-refractivity contribution in [3.8, 4) is 17.2 Å². The maximum Gasteiger partial charge on any atom is 0.340 e. The standard InChI is InChI=1S/C27H22O6/c1-16-20-9-11-23(30-14-22(28)19-8-10-24-25(13-19)32-15-31-24)17(2)26(20)33-27(29)21(16)12-18-6-4-3-5-7-18/h3-11,13H,12,14-15H2,1-2H3. The van der Waals surface area contributed by atoms with Gasteiger partial charge in [-0.3, -0.25) is 4.79 Å². The Morgan fingerprint density at radius 3 is 2.55 bits per heavy atom. The van der Waals surface area contributed by atoms with Crippen LogP contribution in [0, 0.1) is 13.8 Å². The Kier molecular flexibility index (Phi) is 5.34. The molecule has 0 atom stereocenters. The number of fused-ring (bicyclic) bond motifs is 2. The molecule has 0 radical (unpaired) electrons. The Bertz CT molecular complexity index is 1420. The summed E-state index contributed by atoms with van der Waals surface area (Å²) in [6, 6.07) is 18.5. The molecule has 0 bridgehead atoms. The van der Waals surface area contributed by atoms with Crippen LogP contribution in [0.3, 0.4) is 0 Å². The lowest BCUT2D eigenvalue weighted by Crippen LogP contribution is -2.13. The first-order chi connectivity index (χ1) is 16.0. The highest BCUT2D eigenvalue weighted by atomic mass is 16.7. The third-order valence-corrected chi connectivity index (χ3v) is 5.93. The number of aryl methyl sites for hydroxylation is 2. The summed E-state index contributed by atoms with van der Waals surface area (Å²) in [6.07, 6.45) is 0.506. The third kappa shape index (κ3) is 3.96. The van der Waals surface area contributed by atoms with E-state index in [1.165, 1.54) is 0 Å². The average Bonchev–Trinajstić information content (AvgIpc) is 3.30. The Hall–Kier alpha value is -4.06. The fourth-order valence-electron chi connectivity index (χ4n) is 4.03. The summed E-state index contributed by atoms with van der Waals surface area (Å²) >= 11 is 0. The number of benzene rings is 3. The molecular weight excluding hydrogens is 420 g/mol.